The number of carbonyl (C=O) groups is 2. The van der Waals surface area contributed by atoms with Gasteiger partial charge in [0, 0.05) is 39.6 Å². The van der Waals surface area contributed by atoms with Crippen molar-refractivity contribution in [3.63, 3.8) is 0 Å². The molecule has 0 atom stereocenters. The van der Waals surface area contributed by atoms with Gasteiger partial charge in [-0.25, -0.2) is 0 Å². The van der Waals surface area contributed by atoms with Crippen molar-refractivity contribution in [2.75, 3.05) is 39.8 Å². The summed E-state index contributed by atoms with van der Waals surface area (Å²) in [5, 5.41) is 3.22. The van der Waals surface area contributed by atoms with Gasteiger partial charge >= 0.3 is 0 Å². The maximum absolute atomic E-state index is 12.1. The molecule has 0 unspecified atom stereocenters. The van der Waals surface area contributed by atoms with Crippen LogP contribution in [0.4, 0.5) is 0 Å². The zero-order chi connectivity index (χ0) is 15.5. The lowest BCUT2D eigenvalue weighted by Gasteiger charge is -2.29. The van der Waals surface area contributed by atoms with Gasteiger partial charge in [-0.1, -0.05) is 39.0 Å². The highest BCUT2D eigenvalue weighted by Gasteiger charge is 2.19. The van der Waals surface area contributed by atoms with Gasteiger partial charge in [-0.05, 0) is 6.42 Å². The first-order chi connectivity index (χ1) is 10.1. The van der Waals surface area contributed by atoms with E-state index < -0.39 is 0 Å². The van der Waals surface area contributed by atoms with E-state index in [2.05, 4.69) is 12.2 Å². The predicted octanol–water partition coefficient (Wildman–Crippen LogP) is 1.63. The molecule has 1 aliphatic heterocycles. The van der Waals surface area contributed by atoms with Gasteiger partial charge in [0.1, 0.15) is 0 Å². The Bertz CT molecular complexity index is 315. The van der Waals surface area contributed by atoms with Gasteiger partial charge in [-0.15, -0.1) is 0 Å². The lowest BCUT2D eigenvalue weighted by molar-refractivity contribution is -0.139. The Morgan fingerprint density at radius 1 is 1.05 bits per heavy atom. The monoisotopic (exact) mass is 297 g/mol. The summed E-state index contributed by atoms with van der Waals surface area (Å²) in [4.78, 5) is 27.5. The lowest BCUT2D eigenvalue weighted by atomic mass is 10.1. The molecule has 21 heavy (non-hydrogen) atoms. The van der Waals surface area contributed by atoms with E-state index in [4.69, 9.17) is 0 Å². The fourth-order valence-electron chi connectivity index (χ4n) is 2.55. The summed E-state index contributed by atoms with van der Waals surface area (Å²) in [5.41, 5.74) is 0. The molecule has 5 nitrogen and oxygen atoms in total. The zero-order valence-corrected chi connectivity index (χ0v) is 13.7. The molecule has 0 bridgehead atoms. The van der Waals surface area contributed by atoms with Crippen molar-refractivity contribution in [2.45, 2.75) is 51.9 Å². The van der Waals surface area contributed by atoms with Gasteiger partial charge in [-0.2, -0.15) is 0 Å². The summed E-state index contributed by atoms with van der Waals surface area (Å²) in [6.07, 6.45) is 7.63. The fraction of sp³-hybridized carbons (Fsp3) is 0.875. The number of nitrogens with zero attached hydrogens (tertiary/aromatic N) is 2. The topological polar surface area (TPSA) is 52.7 Å². The SMILES string of the molecule is CCCCCCCCC(=O)N(C)CC(=O)N1CCNCC1. The standard InChI is InChI=1S/C16H31N3O2/c1-3-4-5-6-7-8-9-15(20)18(2)14-16(21)19-12-10-17-11-13-19/h17H,3-14H2,1-2H3. The highest BCUT2D eigenvalue weighted by molar-refractivity contribution is 5.84. The molecular weight excluding hydrogens is 266 g/mol. The average molecular weight is 297 g/mol. The lowest BCUT2D eigenvalue weighted by Crippen LogP contribution is -2.49. The van der Waals surface area contributed by atoms with E-state index in [-0.39, 0.29) is 18.4 Å². The second-order valence-corrected chi connectivity index (χ2v) is 5.90. The van der Waals surface area contributed by atoms with Crippen LogP contribution in [0.1, 0.15) is 51.9 Å². The van der Waals surface area contributed by atoms with Crippen molar-refractivity contribution in [3.8, 4) is 0 Å². The normalized spacial score (nSPS) is 15.0. The molecule has 1 fully saturated rings. The molecule has 1 N–H and O–H groups in total. The van der Waals surface area contributed by atoms with Gasteiger partial charge < -0.3 is 15.1 Å². The third-order valence-corrected chi connectivity index (χ3v) is 4.01. The molecule has 0 saturated carbocycles. The van der Waals surface area contributed by atoms with Crippen LogP contribution in [0.25, 0.3) is 0 Å². The Labute approximate surface area is 129 Å². The van der Waals surface area contributed by atoms with E-state index in [9.17, 15) is 9.59 Å². The molecule has 0 aromatic carbocycles. The quantitative estimate of drug-likeness (QED) is 0.658. The Balaban J connectivity index is 2.13. The number of likely N-dealkylation sites (N-methyl/N-ethyl adjacent to an activating group) is 1. The molecule has 122 valence electrons. The molecule has 0 aromatic rings. The first-order valence-corrected chi connectivity index (χ1v) is 8.37. The highest BCUT2D eigenvalue weighted by atomic mass is 16.2. The predicted molar refractivity (Wildman–Crippen MR) is 85.1 cm³/mol. The maximum Gasteiger partial charge on any atom is 0.242 e. The van der Waals surface area contributed by atoms with Gasteiger partial charge in [0.15, 0.2) is 0 Å². The molecule has 0 aliphatic carbocycles. The van der Waals surface area contributed by atoms with E-state index in [1.54, 1.807) is 11.9 Å². The van der Waals surface area contributed by atoms with Crippen LogP contribution in [-0.4, -0.2) is 61.4 Å². The number of rotatable bonds is 9. The Kier molecular flexibility index (Phi) is 9.06. The third-order valence-electron chi connectivity index (χ3n) is 4.01. The summed E-state index contributed by atoms with van der Waals surface area (Å²) in [6, 6.07) is 0. The number of piperazine rings is 1. The molecule has 0 aromatic heterocycles. The summed E-state index contributed by atoms with van der Waals surface area (Å²) in [7, 11) is 1.74. The molecule has 1 aliphatic rings. The van der Waals surface area contributed by atoms with Crippen molar-refractivity contribution < 1.29 is 9.59 Å². The van der Waals surface area contributed by atoms with Crippen molar-refractivity contribution in [3.05, 3.63) is 0 Å². The van der Waals surface area contributed by atoms with Crippen LogP contribution in [0.5, 0.6) is 0 Å². The summed E-state index contributed by atoms with van der Waals surface area (Å²) < 4.78 is 0. The third kappa shape index (κ3) is 7.46. The maximum atomic E-state index is 12.1. The van der Waals surface area contributed by atoms with E-state index in [1.807, 2.05) is 4.90 Å². The van der Waals surface area contributed by atoms with E-state index in [0.29, 0.717) is 6.42 Å². The Hall–Kier alpha value is -1.10. The molecular formula is C16H31N3O2. The number of nitrogens with one attached hydrogen (secondary N) is 1. The summed E-state index contributed by atoms with van der Waals surface area (Å²) in [6.45, 7) is 5.61. The molecule has 1 saturated heterocycles. The van der Waals surface area contributed by atoms with Gasteiger partial charge in [0.25, 0.3) is 0 Å². The van der Waals surface area contributed by atoms with E-state index in [1.165, 1.54) is 25.7 Å². The minimum atomic E-state index is 0.0651. The smallest absolute Gasteiger partial charge is 0.242 e. The molecule has 1 rings (SSSR count). The van der Waals surface area contributed by atoms with Gasteiger partial charge in [0.05, 0.1) is 6.54 Å². The summed E-state index contributed by atoms with van der Waals surface area (Å²) >= 11 is 0. The van der Waals surface area contributed by atoms with Gasteiger partial charge in [-0.3, -0.25) is 9.59 Å². The molecule has 0 spiro atoms. The second-order valence-electron chi connectivity index (χ2n) is 5.90. The van der Waals surface area contributed by atoms with Crippen molar-refractivity contribution in [1.29, 1.82) is 0 Å². The highest BCUT2D eigenvalue weighted by Crippen LogP contribution is 2.08. The first kappa shape index (κ1) is 18.0. The Morgan fingerprint density at radius 2 is 1.67 bits per heavy atom. The van der Waals surface area contributed by atoms with Crippen LogP contribution in [0, 0.1) is 0 Å². The number of amides is 2. The van der Waals surface area contributed by atoms with Crippen LogP contribution in [0.2, 0.25) is 0 Å². The number of hydrogen-bond donors (Lipinski definition) is 1. The minimum Gasteiger partial charge on any atom is -0.339 e. The largest absolute Gasteiger partial charge is 0.339 e. The van der Waals surface area contributed by atoms with Crippen molar-refractivity contribution in [2.24, 2.45) is 0 Å². The second kappa shape index (κ2) is 10.6. The van der Waals surface area contributed by atoms with Crippen LogP contribution in [0.15, 0.2) is 0 Å². The molecule has 1 heterocycles. The van der Waals surface area contributed by atoms with E-state index >= 15 is 0 Å². The average Bonchev–Trinajstić information content (AvgIpc) is 2.51. The molecule has 2 amide bonds. The van der Waals surface area contributed by atoms with Crippen LogP contribution in [-0.2, 0) is 9.59 Å². The van der Waals surface area contributed by atoms with E-state index in [0.717, 1.165) is 39.0 Å². The summed E-state index contributed by atoms with van der Waals surface area (Å²) in [5.74, 6) is 0.157. The van der Waals surface area contributed by atoms with Crippen LogP contribution in [0.3, 0.4) is 0 Å². The molecule has 5 heteroatoms. The van der Waals surface area contributed by atoms with Gasteiger partial charge in [0.2, 0.25) is 11.8 Å². The minimum absolute atomic E-state index is 0.0651. The number of hydrogen-bond acceptors (Lipinski definition) is 3. The van der Waals surface area contributed by atoms with Crippen LogP contribution < -0.4 is 5.32 Å². The van der Waals surface area contributed by atoms with Crippen molar-refractivity contribution >= 4 is 11.8 Å². The van der Waals surface area contributed by atoms with Crippen LogP contribution >= 0.6 is 0 Å². The number of unbranched alkanes of at least 4 members (excludes halogenated alkanes) is 5. The Morgan fingerprint density at radius 3 is 2.33 bits per heavy atom. The van der Waals surface area contributed by atoms with Crippen molar-refractivity contribution in [1.82, 2.24) is 15.1 Å². The number of carbonyl (C=O) groups excluding carboxylic acids is 2. The molecule has 0 radical (unpaired) electrons. The first-order valence-electron chi connectivity index (χ1n) is 8.37. The fourth-order valence-corrected chi connectivity index (χ4v) is 2.55. The zero-order valence-electron chi connectivity index (χ0n) is 13.7.